The molecular formula is C40H58S2Sn2. The van der Waals surface area contributed by atoms with Crippen LogP contribution in [0.5, 0.6) is 0 Å². The molecule has 238 valence electrons. The zero-order valence-electron chi connectivity index (χ0n) is 29.2. The Labute approximate surface area is 285 Å². The van der Waals surface area contributed by atoms with Crippen LogP contribution in [0.15, 0.2) is 36.4 Å². The van der Waals surface area contributed by atoms with E-state index in [1.54, 1.807) is 37.1 Å². The third-order valence-electron chi connectivity index (χ3n) is 9.65. The van der Waals surface area contributed by atoms with Gasteiger partial charge in [-0.2, -0.15) is 0 Å². The fourth-order valence-electron chi connectivity index (χ4n) is 6.85. The Morgan fingerprint density at radius 2 is 0.795 bits per heavy atom. The van der Waals surface area contributed by atoms with Crippen LogP contribution in [-0.2, 0) is 12.8 Å². The van der Waals surface area contributed by atoms with Gasteiger partial charge in [0, 0.05) is 0 Å². The second-order valence-corrected chi connectivity index (χ2v) is 48.5. The third-order valence-corrected chi connectivity index (χ3v) is 30.8. The van der Waals surface area contributed by atoms with E-state index in [4.69, 9.17) is 0 Å². The van der Waals surface area contributed by atoms with Crippen LogP contribution in [0.1, 0.15) is 102 Å². The van der Waals surface area contributed by atoms with Crippen molar-refractivity contribution in [1.82, 2.24) is 0 Å². The molecular weight excluding hydrogens is 782 g/mol. The van der Waals surface area contributed by atoms with E-state index in [0.29, 0.717) is 0 Å². The summed E-state index contributed by atoms with van der Waals surface area (Å²) >= 11 is -0.0977. The van der Waals surface area contributed by atoms with Gasteiger partial charge < -0.3 is 0 Å². The number of fused-ring (bicyclic) bond motifs is 7. The maximum absolute atomic E-state index is 2.65. The van der Waals surface area contributed by atoms with Crippen LogP contribution in [0.3, 0.4) is 0 Å². The predicted molar refractivity (Wildman–Crippen MR) is 212 cm³/mol. The quantitative estimate of drug-likeness (QED) is 0.0527. The van der Waals surface area contributed by atoms with Crippen molar-refractivity contribution in [2.24, 2.45) is 0 Å². The van der Waals surface area contributed by atoms with E-state index in [2.05, 4.69) is 103 Å². The van der Waals surface area contributed by atoms with Crippen molar-refractivity contribution < 1.29 is 0 Å². The van der Waals surface area contributed by atoms with E-state index in [1.165, 1.54) is 111 Å². The molecule has 0 saturated carbocycles. The Balaban J connectivity index is 1.65. The van der Waals surface area contributed by atoms with E-state index in [1.807, 2.05) is 0 Å². The minimum atomic E-state index is -2.20. The van der Waals surface area contributed by atoms with Crippen molar-refractivity contribution in [3.63, 3.8) is 0 Å². The summed E-state index contributed by atoms with van der Waals surface area (Å²) in [5, 5.41) is 9.20. The van der Waals surface area contributed by atoms with Crippen LogP contribution >= 0.6 is 22.7 Å². The van der Waals surface area contributed by atoms with E-state index in [-0.39, 0.29) is 0 Å². The van der Waals surface area contributed by atoms with Gasteiger partial charge in [0.1, 0.15) is 0 Å². The van der Waals surface area contributed by atoms with Crippen molar-refractivity contribution >= 4 is 107 Å². The molecule has 0 aliphatic carbocycles. The minimum absolute atomic E-state index is 1.22. The molecule has 0 atom stereocenters. The van der Waals surface area contributed by atoms with Crippen LogP contribution < -0.4 is 5.79 Å². The number of aryl methyl sites for hydroxylation is 2. The first kappa shape index (κ1) is 35.0. The van der Waals surface area contributed by atoms with Crippen LogP contribution in [0.4, 0.5) is 0 Å². The topological polar surface area (TPSA) is 0 Å². The van der Waals surface area contributed by atoms with Gasteiger partial charge in [-0.15, -0.1) is 0 Å². The van der Waals surface area contributed by atoms with Crippen molar-refractivity contribution in [3.8, 4) is 0 Å². The van der Waals surface area contributed by atoms with Gasteiger partial charge >= 0.3 is 288 Å². The molecule has 0 fully saturated rings. The summed E-state index contributed by atoms with van der Waals surface area (Å²) in [5.41, 5.74) is 3.23. The zero-order valence-corrected chi connectivity index (χ0v) is 36.5. The first-order valence-electron chi connectivity index (χ1n) is 17.9. The summed E-state index contributed by atoms with van der Waals surface area (Å²) < 4.78 is 6.60. The standard InChI is InChI=1S/C34H40S2.6CH3.2Sn/c1-3-5-7-9-11-13-15-25-23-31-29(33-27(25)19-21-35-33)17-18-30-32(31)24-26(28-20-22-36-34(28)30)16-14-12-10-8-6-4-2;;;;;;;;/h17-20,23-24H,3-16H2,1-2H3;6*1H3;;. The number of hydrogen-bond acceptors (Lipinski definition) is 2. The van der Waals surface area contributed by atoms with Crippen LogP contribution in [0.2, 0.25) is 29.6 Å². The molecule has 5 rings (SSSR count). The second-order valence-electron chi connectivity index (χ2n) is 15.6. The fourth-order valence-corrected chi connectivity index (χ4v) is 19.7. The average molecular weight is 840 g/mol. The maximum atomic E-state index is 2.65. The van der Waals surface area contributed by atoms with Crippen molar-refractivity contribution in [1.29, 1.82) is 0 Å². The Bertz CT molecular complexity index is 1580. The molecule has 2 heterocycles. The van der Waals surface area contributed by atoms with Crippen molar-refractivity contribution in [2.75, 3.05) is 0 Å². The van der Waals surface area contributed by atoms with E-state index >= 15 is 0 Å². The number of hydrogen-bond donors (Lipinski definition) is 0. The Hall–Kier alpha value is -0.303. The molecule has 2 aromatic heterocycles. The summed E-state index contributed by atoms with van der Waals surface area (Å²) in [5.74, 6) is 0. The molecule has 0 spiro atoms. The molecule has 44 heavy (non-hydrogen) atoms. The van der Waals surface area contributed by atoms with Gasteiger partial charge in [-0.25, -0.2) is 0 Å². The normalized spacial score (nSPS) is 12.9. The molecule has 0 aliphatic heterocycles. The Morgan fingerprint density at radius 3 is 1.16 bits per heavy atom. The molecule has 0 aliphatic rings. The first-order chi connectivity index (χ1) is 21.0. The molecule has 0 nitrogen and oxygen atoms in total. The molecule has 0 saturated heterocycles. The SMILES string of the molecule is CCCCCCCCc1cc2c3cc(CCCCCCCC)c4c[c]([Sn]([CH3])([CH3])[CH3])sc4c3ccc2c2s[c]([Sn]([CH3])([CH3])[CH3])cc12. The summed E-state index contributed by atoms with van der Waals surface area (Å²) in [7, 11) is 0. The van der Waals surface area contributed by atoms with Crippen LogP contribution in [-0.4, -0.2) is 36.8 Å². The molecule has 5 aromatic rings. The fraction of sp³-hybridized carbons (Fsp3) is 0.550. The second kappa shape index (κ2) is 15.3. The van der Waals surface area contributed by atoms with Crippen LogP contribution in [0, 0.1) is 0 Å². The van der Waals surface area contributed by atoms with E-state index in [0.717, 1.165) is 0 Å². The van der Waals surface area contributed by atoms with Gasteiger partial charge in [-0.3, -0.25) is 0 Å². The predicted octanol–water partition coefficient (Wildman–Crippen LogP) is 13.3. The molecule has 0 amide bonds. The Morgan fingerprint density at radius 1 is 0.432 bits per heavy atom. The number of thiophene rings is 2. The summed E-state index contributed by atoms with van der Waals surface area (Å²) in [6.45, 7) is 4.64. The molecule has 4 heteroatoms. The van der Waals surface area contributed by atoms with Gasteiger partial charge in [0.15, 0.2) is 0 Å². The van der Waals surface area contributed by atoms with Crippen molar-refractivity contribution in [2.45, 2.75) is 133 Å². The number of rotatable bonds is 16. The van der Waals surface area contributed by atoms with E-state index < -0.39 is 36.8 Å². The summed E-state index contributed by atoms with van der Waals surface area (Å²) in [6, 6.07) is 15.6. The van der Waals surface area contributed by atoms with Gasteiger partial charge in [0.25, 0.3) is 0 Å². The average Bonchev–Trinajstić information content (AvgIpc) is 3.63. The third kappa shape index (κ3) is 8.04. The summed E-state index contributed by atoms with van der Waals surface area (Å²) in [4.78, 5) is 15.5. The van der Waals surface area contributed by atoms with Crippen molar-refractivity contribution in [3.05, 3.63) is 47.5 Å². The van der Waals surface area contributed by atoms with Crippen LogP contribution in [0.25, 0.3) is 41.7 Å². The number of unbranched alkanes of at least 4 members (excludes halogenated alkanes) is 10. The number of benzene rings is 3. The van der Waals surface area contributed by atoms with E-state index in [9.17, 15) is 0 Å². The molecule has 0 N–H and O–H groups in total. The monoisotopic (exact) mass is 842 g/mol. The molecule has 0 radical (unpaired) electrons. The molecule has 0 unspecified atom stereocenters. The molecule has 3 aromatic carbocycles. The summed E-state index contributed by atoms with van der Waals surface area (Å²) in [6.07, 6.45) is 18.8. The van der Waals surface area contributed by atoms with Gasteiger partial charge in [-0.05, 0) is 0 Å². The molecule has 0 bridgehead atoms. The van der Waals surface area contributed by atoms with Gasteiger partial charge in [0.2, 0.25) is 0 Å². The first-order valence-corrected chi connectivity index (χ1v) is 39.5. The van der Waals surface area contributed by atoms with Gasteiger partial charge in [-0.1, -0.05) is 0 Å². The Kier molecular flexibility index (Phi) is 12.2. The zero-order chi connectivity index (χ0) is 31.5. The van der Waals surface area contributed by atoms with Gasteiger partial charge in [0.05, 0.1) is 0 Å².